The summed E-state index contributed by atoms with van der Waals surface area (Å²) in [5, 5.41) is 5.87. The van der Waals surface area contributed by atoms with Crippen LogP contribution in [0.15, 0.2) is 279 Å². The molecule has 91 heavy (non-hydrogen) atoms. The lowest BCUT2D eigenvalue weighted by Crippen LogP contribution is -2.15. The van der Waals surface area contributed by atoms with E-state index < -0.39 is 0 Å². The Morgan fingerprint density at radius 3 is 1.47 bits per heavy atom. The minimum atomic E-state index is -0.250. The standard InChI is InChI=1S/C82H55N9/c1-50-22-21-29-56(46-50)89-68-35-18-15-32-61(68)64-47-54(38-43-71(64)89)79-84-76(51-23-7-4-8-24-51)85-80(86-79)55-39-44-72(65(48-55)81-87-77(52-25-9-5-10-26-52)83-78(88-81)53-27-11-6-12-28-53)91-69-36-19-14-31-60(69)62-42-45-73-74(75(62)91)63-33-16-20-37-70(63)90(73)57-40-41-59-58-30-13-17-34-66(58)82(2,3)67(59)49-57/h4-49H,1-3H3/i39D,44D,48D. The topological polar surface area (TPSA) is 92.1 Å². The van der Waals surface area contributed by atoms with Crippen molar-refractivity contribution >= 4 is 65.4 Å². The van der Waals surface area contributed by atoms with Gasteiger partial charge in [0.2, 0.25) is 0 Å². The molecule has 0 atom stereocenters. The Balaban J connectivity index is 0.935. The van der Waals surface area contributed by atoms with Crippen LogP contribution >= 0.6 is 0 Å². The molecule has 17 aromatic rings. The van der Waals surface area contributed by atoms with Crippen molar-refractivity contribution in [1.29, 1.82) is 0 Å². The monoisotopic (exact) mass is 1170 g/mol. The smallest absolute Gasteiger partial charge is 0.166 e. The van der Waals surface area contributed by atoms with E-state index in [9.17, 15) is 4.11 Å². The number of rotatable bonds is 9. The molecule has 0 saturated carbocycles. The second-order valence-corrected chi connectivity index (χ2v) is 24.1. The highest BCUT2D eigenvalue weighted by atomic mass is 15.1. The molecule has 0 saturated heterocycles. The first kappa shape index (κ1) is 49.1. The van der Waals surface area contributed by atoms with Crippen LogP contribution in [0.1, 0.15) is 34.7 Å². The number of para-hydroxylation sites is 3. The van der Waals surface area contributed by atoms with Gasteiger partial charge in [-0.2, -0.15) is 0 Å². The minimum absolute atomic E-state index is 0.0221. The molecule has 0 N–H and O–H groups in total. The van der Waals surface area contributed by atoms with Gasteiger partial charge < -0.3 is 13.7 Å². The molecule has 0 fully saturated rings. The van der Waals surface area contributed by atoms with Gasteiger partial charge in [-0.15, -0.1) is 0 Å². The highest BCUT2D eigenvalue weighted by molar-refractivity contribution is 6.26. The van der Waals surface area contributed by atoms with E-state index >= 15 is 0 Å². The van der Waals surface area contributed by atoms with Gasteiger partial charge in [-0.25, -0.2) is 29.9 Å². The maximum absolute atomic E-state index is 11.0. The van der Waals surface area contributed by atoms with E-state index in [0.717, 1.165) is 93.5 Å². The third-order valence-electron chi connectivity index (χ3n) is 18.3. The Hall–Kier alpha value is -11.9. The van der Waals surface area contributed by atoms with E-state index in [4.69, 9.17) is 29.9 Å². The van der Waals surface area contributed by atoms with Crippen LogP contribution in [0.2, 0.25) is 0 Å². The summed E-state index contributed by atoms with van der Waals surface area (Å²) < 4.78 is 39.2. The van der Waals surface area contributed by atoms with Crippen molar-refractivity contribution in [3.8, 4) is 96.5 Å². The third kappa shape index (κ3) is 8.24. The number of aromatic nitrogens is 9. The lowest BCUT2D eigenvalue weighted by Gasteiger charge is -2.22. The van der Waals surface area contributed by atoms with Gasteiger partial charge in [-0.05, 0) is 120 Å². The summed E-state index contributed by atoms with van der Waals surface area (Å²) in [6.07, 6.45) is 0. The van der Waals surface area contributed by atoms with Crippen molar-refractivity contribution in [2.24, 2.45) is 0 Å². The van der Waals surface area contributed by atoms with Crippen LogP contribution in [0.25, 0.3) is 162 Å². The Kier molecular flexibility index (Phi) is 11.0. The van der Waals surface area contributed by atoms with Crippen molar-refractivity contribution < 1.29 is 4.11 Å². The van der Waals surface area contributed by atoms with E-state index in [0.29, 0.717) is 34.4 Å². The molecule has 5 aromatic heterocycles. The first-order chi connectivity index (χ1) is 46.1. The predicted octanol–water partition coefficient (Wildman–Crippen LogP) is 20.0. The molecule has 0 spiro atoms. The van der Waals surface area contributed by atoms with E-state index in [-0.39, 0.29) is 52.0 Å². The van der Waals surface area contributed by atoms with Crippen LogP contribution in [0, 0.1) is 6.92 Å². The molecule has 0 amide bonds. The van der Waals surface area contributed by atoms with Gasteiger partial charge in [0.1, 0.15) is 0 Å². The fourth-order valence-electron chi connectivity index (χ4n) is 14.1. The number of fused-ring (bicyclic) bond motifs is 13. The van der Waals surface area contributed by atoms with E-state index in [1.54, 1.807) is 0 Å². The van der Waals surface area contributed by atoms with Gasteiger partial charge in [0, 0.05) is 82.5 Å². The van der Waals surface area contributed by atoms with Crippen molar-refractivity contribution in [3.05, 3.63) is 296 Å². The summed E-state index contributed by atoms with van der Waals surface area (Å²) in [7, 11) is 0. The van der Waals surface area contributed by atoms with Crippen LogP contribution in [-0.4, -0.2) is 43.6 Å². The van der Waals surface area contributed by atoms with Crippen LogP contribution in [0.5, 0.6) is 0 Å². The zero-order chi connectivity index (χ0) is 63.1. The average molecular weight is 1170 g/mol. The molecule has 12 aromatic carbocycles. The molecule has 0 bridgehead atoms. The van der Waals surface area contributed by atoms with Gasteiger partial charge in [0.15, 0.2) is 34.9 Å². The van der Waals surface area contributed by atoms with E-state index in [2.05, 4.69) is 186 Å². The van der Waals surface area contributed by atoms with Crippen LogP contribution < -0.4 is 0 Å². The molecule has 0 aliphatic heterocycles. The van der Waals surface area contributed by atoms with Crippen LogP contribution in [-0.2, 0) is 5.41 Å². The predicted molar refractivity (Wildman–Crippen MR) is 371 cm³/mol. The van der Waals surface area contributed by atoms with Gasteiger partial charge in [-0.3, -0.25) is 0 Å². The highest BCUT2D eigenvalue weighted by Crippen LogP contribution is 2.51. The molecule has 1 aliphatic rings. The van der Waals surface area contributed by atoms with Gasteiger partial charge in [0.25, 0.3) is 0 Å². The molecular formula is C82H55N9. The number of nitrogens with zero attached hydrogens (tertiary/aromatic N) is 9. The highest BCUT2D eigenvalue weighted by Gasteiger charge is 2.36. The molecule has 428 valence electrons. The van der Waals surface area contributed by atoms with Crippen molar-refractivity contribution in [3.63, 3.8) is 0 Å². The third-order valence-corrected chi connectivity index (χ3v) is 18.3. The Morgan fingerprint density at radius 2 is 0.813 bits per heavy atom. The lowest BCUT2D eigenvalue weighted by atomic mass is 9.82. The molecule has 18 rings (SSSR count). The van der Waals surface area contributed by atoms with E-state index in [1.165, 1.54) is 22.3 Å². The first-order valence-electron chi connectivity index (χ1n) is 32.2. The van der Waals surface area contributed by atoms with Crippen molar-refractivity contribution in [2.75, 3.05) is 0 Å². The van der Waals surface area contributed by atoms with Gasteiger partial charge in [-0.1, -0.05) is 208 Å². The quantitative estimate of drug-likeness (QED) is 0.143. The molecule has 0 unspecified atom stereocenters. The SMILES string of the molecule is [2H]c1c([2H])c(-n2c3ccccc3c3ccc4c(c5ccccc5n4-c4ccc5c(c4)C(C)(C)c4ccccc4-5)c32)c(-c2nc(-c3ccccc3)nc(-c3ccccc3)n2)c([2H])c1-c1nc(-c2ccccc2)nc(-c2ccc3c(c2)c2ccccc2n3-c2cccc(C)c2)n1. The Bertz CT molecular complexity index is 5950. The summed E-state index contributed by atoms with van der Waals surface area (Å²) in [4.78, 5) is 31.6. The molecular weight excluding hydrogens is 1110 g/mol. The van der Waals surface area contributed by atoms with Crippen molar-refractivity contribution in [1.82, 2.24) is 43.6 Å². The second-order valence-electron chi connectivity index (χ2n) is 24.1. The van der Waals surface area contributed by atoms with Crippen LogP contribution in [0.3, 0.4) is 0 Å². The maximum Gasteiger partial charge on any atom is 0.166 e. The average Bonchev–Trinajstić information content (AvgIpc) is 1.53. The zero-order valence-corrected chi connectivity index (χ0v) is 49.9. The fourth-order valence-corrected chi connectivity index (χ4v) is 14.1. The first-order valence-corrected chi connectivity index (χ1v) is 30.7. The lowest BCUT2D eigenvalue weighted by molar-refractivity contribution is 0.660. The maximum atomic E-state index is 11.0. The van der Waals surface area contributed by atoms with Gasteiger partial charge in [0.05, 0.1) is 42.9 Å². The zero-order valence-electron chi connectivity index (χ0n) is 52.9. The summed E-state index contributed by atoms with van der Waals surface area (Å²) in [6.45, 7) is 6.73. The number of aryl methyl sites for hydroxylation is 1. The summed E-state index contributed by atoms with van der Waals surface area (Å²) in [5.74, 6) is 1.62. The number of benzene rings is 12. The summed E-state index contributed by atoms with van der Waals surface area (Å²) in [6, 6.07) is 88.5. The molecule has 9 heteroatoms. The Labute approximate surface area is 528 Å². The molecule has 1 aliphatic carbocycles. The molecule has 5 heterocycles. The van der Waals surface area contributed by atoms with E-state index in [1.807, 2.05) is 109 Å². The molecule has 0 radical (unpaired) electrons. The summed E-state index contributed by atoms with van der Waals surface area (Å²) in [5.41, 5.74) is 17.0. The van der Waals surface area contributed by atoms with Gasteiger partial charge >= 0.3 is 0 Å². The second kappa shape index (κ2) is 20.3. The minimum Gasteiger partial charge on any atom is -0.309 e. The largest absolute Gasteiger partial charge is 0.309 e. The normalized spacial score (nSPS) is 13.1. The molecule has 9 nitrogen and oxygen atoms in total. The Morgan fingerprint density at radius 1 is 0.319 bits per heavy atom. The number of hydrogen-bond donors (Lipinski definition) is 0. The van der Waals surface area contributed by atoms with Crippen LogP contribution in [0.4, 0.5) is 0 Å². The summed E-state index contributed by atoms with van der Waals surface area (Å²) >= 11 is 0. The van der Waals surface area contributed by atoms with Crippen molar-refractivity contribution in [2.45, 2.75) is 26.2 Å². The fraction of sp³-hybridized carbons (Fsp3) is 0.0488. The number of hydrogen-bond acceptors (Lipinski definition) is 6.